The third kappa shape index (κ3) is 25.6. The average molecular weight is 663 g/mol. The van der Waals surface area contributed by atoms with Gasteiger partial charge in [-0.1, -0.05) is 6.58 Å². The molecule has 0 fully saturated rings. The Morgan fingerprint density at radius 3 is 1.49 bits per heavy atom. The lowest BCUT2D eigenvalue weighted by atomic mass is 10.4. The van der Waals surface area contributed by atoms with E-state index in [1.165, 1.54) is 6.92 Å². The quantitative estimate of drug-likeness (QED) is 0.0803. The van der Waals surface area contributed by atoms with E-state index in [0.29, 0.717) is 6.61 Å². The van der Waals surface area contributed by atoms with Gasteiger partial charge in [0.15, 0.2) is 39.6 Å². The molecule has 0 amide bonds. The first-order chi connectivity index (χ1) is 17.2. The van der Waals surface area contributed by atoms with Gasteiger partial charge >= 0.3 is 24.1 Å². The number of rotatable bonds is 18. The molecule has 39 heavy (non-hydrogen) atoms. The number of ether oxygens (including phenoxy) is 1. The molecule has 0 rings (SSSR count). The van der Waals surface area contributed by atoms with E-state index in [4.69, 9.17) is 30.7 Å². The molecule has 0 aromatic heterocycles. The first-order valence-electron chi connectivity index (χ1n) is 13.4. The van der Waals surface area contributed by atoms with Crippen molar-refractivity contribution in [1.29, 1.82) is 0 Å². The number of hydrogen-bond acceptors (Lipinski definition) is 9. The van der Waals surface area contributed by atoms with Gasteiger partial charge in [0.25, 0.3) is 0 Å². The van der Waals surface area contributed by atoms with Crippen molar-refractivity contribution >= 4 is 57.3 Å². The van der Waals surface area contributed by atoms with Gasteiger partial charge < -0.3 is 40.9 Å². The van der Waals surface area contributed by atoms with Gasteiger partial charge in [0.05, 0.1) is 6.61 Å². The molecule has 0 aliphatic heterocycles. The molecule has 0 radical (unpaired) electrons. The fraction of sp³-hybridized carbons (Fsp3) is 0.870. The van der Waals surface area contributed by atoms with Gasteiger partial charge in [0, 0.05) is 18.7 Å². The number of aliphatic hydroxyl groups excluding tert-OH is 2. The van der Waals surface area contributed by atoms with E-state index in [2.05, 4.69) is 85.1 Å². The lowest BCUT2D eigenvalue weighted by Crippen LogP contribution is -2.58. The van der Waals surface area contributed by atoms with Gasteiger partial charge in [-0.15, -0.1) is 0 Å². The first-order valence-corrected chi connectivity index (χ1v) is 31.0. The van der Waals surface area contributed by atoms with Crippen molar-refractivity contribution in [3.63, 3.8) is 0 Å². The predicted molar refractivity (Wildman–Crippen MR) is 172 cm³/mol. The van der Waals surface area contributed by atoms with Gasteiger partial charge in [-0.05, 0) is 98.0 Å². The molecule has 0 aliphatic carbocycles. The van der Waals surface area contributed by atoms with Crippen LogP contribution in [0.3, 0.4) is 0 Å². The van der Waals surface area contributed by atoms with Gasteiger partial charge in [-0.25, -0.2) is 4.79 Å². The number of carbonyl (C=O) groups is 1. The van der Waals surface area contributed by atoms with Crippen LogP contribution in [0.2, 0.25) is 91.2 Å². The molecule has 0 heterocycles. The molecule has 0 saturated heterocycles. The second kappa shape index (κ2) is 17.3. The highest BCUT2D eigenvalue weighted by Gasteiger charge is 2.46. The van der Waals surface area contributed by atoms with Gasteiger partial charge in [-0.3, -0.25) is 0 Å². The van der Waals surface area contributed by atoms with E-state index < -0.39 is 76.3 Å². The molecule has 2 unspecified atom stereocenters. The SMILES string of the molecule is C=C(C)C(=O)O.C[Si](C)(C)O[SiH](CCCOC(O[Si](C)(O[Si](C)(C)C)O[Si](C)(C)C)C(O)CO)O[Si](C)(C)C. The maximum absolute atomic E-state index is 10.4. The fourth-order valence-corrected chi connectivity index (χ4v) is 21.9. The Bertz CT molecular complexity index is 685. The third-order valence-corrected chi connectivity index (χ3v) is 21.2. The number of aliphatic carboxylic acids is 1. The van der Waals surface area contributed by atoms with Gasteiger partial charge in [0.1, 0.15) is 6.10 Å². The second-order valence-electron chi connectivity index (χ2n) is 13.5. The van der Waals surface area contributed by atoms with E-state index >= 15 is 0 Å². The van der Waals surface area contributed by atoms with Crippen LogP contribution in [0, 0.1) is 0 Å². The van der Waals surface area contributed by atoms with Crippen molar-refractivity contribution in [2.45, 2.75) is 117 Å². The lowest BCUT2D eigenvalue weighted by Gasteiger charge is -2.39. The number of hydrogen-bond donors (Lipinski definition) is 3. The molecule has 2 atom stereocenters. The van der Waals surface area contributed by atoms with E-state index in [9.17, 15) is 15.0 Å². The molecule has 0 aromatic rings. The topological polar surface area (TPSA) is 133 Å². The highest BCUT2D eigenvalue weighted by Crippen LogP contribution is 2.25. The Morgan fingerprint density at radius 2 is 1.21 bits per heavy atom. The maximum atomic E-state index is 10.4. The summed E-state index contributed by atoms with van der Waals surface area (Å²) in [7, 11) is -12.3. The smallest absolute Gasteiger partial charge is 0.478 e. The zero-order valence-electron chi connectivity index (χ0n) is 27.0. The summed E-state index contributed by atoms with van der Waals surface area (Å²) in [5.41, 5.74) is 0.176. The molecular weight excluding hydrogens is 605 g/mol. The molecule has 0 saturated carbocycles. The Labute approximate surface area is 244 Å². The van der Waals surface area contributed by atoms with Crippen LogP contribution in [0.15, 0.2) is 12.2 Å². The Morgan fingerprint density at radius 1 is 0.821 bits per heavy atom. The molecule has 0 aliphatic rings. The zero-order valence-corrected chi connectivity index (χ0v) is 33.1. The minimum absolute atomic E-state index is 0.176. The standard InChI is InChI=1S/C19H52O8Si6.C4H6O2/c1-29(2,3)24-28(25-30(4,5)6)16-14-15-22-19(18(21)17-20)23-33(13,26-31(7,8)9)27-32(10,11)12;1-3(2)4(5)6/h18-21,28H,14-17H2,1-13H3;1H2,2H3,(H,5,6). The van der Waals surface area contributed by atoms with Gasteiger partial charge in [0.2, 0.25) is 0 Å². The minimum Gasteiger partial charge on any atom is -0.478 e. The number of carboxylic acid groups (broad SMARTS) is 1. The third-order valence-electron chi connectivity index (χ3n) is 4.02. The van der Waals surface area contributed by atoms with Crippen molar-refractivity contribution in [3.8, 4) is 0 Å². The Hall–Kier alpha value is 0.191. The zero-order chi connectivity index (χ0) is 31.5. The van der Waals surface area contributed by atoms with Crippen molar-refractivity contribution in [1.82, 2.24) is 0 Å². The molecular formula is C23H58O10Si6. The van der Waals surface area contributed by atoms with Gasteiger partial charge in [-0.2, -0.15) is 0 Å². The largest absolute Gasteiger partial charge is 0.478 e. The van der Waals surface area contributed by atoms with Crippen LogP contribution in [0.25, 0.3) is 0 Å². The molecule has 3 N–H and O–H groups in total. The highest BCUT2D eigenvalue weighted by molar-refractivity contribution is 6.85. The van der Waals surface area contributed by atoms with Crippen LogP contribution < -0.4 is 0 Å². The molecule has 0 spiro atoms. The second-order valence-corrected chi connectivity index (χ2v) is 37.3. The normalized spacial score (nSPS) is 15.0. The van der Waals surface area contributed by atoms with Crippen molar-refractivity contribution in [3.05, 3.63) is 12.2 Å². The van der Waals surface area contributed by atoms with Crippen LogP contribution in [0.1, 0.15) is 13.3 Å². The van der Waals surface area contributed by atoms with Crippen LogP contribution in [-0.2, 0) is 30.4 Å². The van der Waals surface area contributed by atoms with Crippen LogP contribution >= 0.6 is 0 Å². The predicted octanol–water partition coefficient (Wildman–Crippen LogP) is 4.93. The molecule has 234 valence electrons. The minimum atomic E-state index is -3.11. The summed E-state index contributed by atoms with van der Waals surface area (Å²) in [5.74, 6) is -0.935. The van der Waals surface area contributed by atoms with Crippen LogP contribution in [0.5, 0.6) is 0 Å². The highest BCUT2D eigenvalue weighted by atomic mass is 28.5. The lowest BCUT2D eigenvalue weighted by molar-refractivity contribution is -0.172. The summed E-state index contributed by atoms with van der Waals surface area (Å²) < 4.78 is 37.6. The molecule has 0 aromatic carbocycles. The summed E-state index contributed by atoms with van der Waals surface area (Å²) in [6, 6.07) is 0.821. The van der Waals surface area contributed by atoms with Crippen LogP contribution in [0.4, 0.5) is 0 Å². The molecule has 0 bridgehead atoms. The Balaban J connectivity index is 0. The Kier molecular flexibility index (Phi) is 18.4. The van der Waals surface area contributed by atoms with Crippen molar-refractivity contribution in [2.24, 2.45) is 0 Å². The molecule has 16 heteroatoms. The van der Waals surface area contributed by atoms with E-state index in [1.807, 2.05) is 6.55 Å². The van der Waals surface area contributed by atoms with E-state index in [0.717, 1.165) is 12.5 Å². The van der Waals surface area contributed by atoms with Crippen molar-refractivity contribution in [2.75, 3.05) is 13.2 Å². The number of aliphatic hydroxyl groups is 2. The monoisotopic (exact) mass is 662 g/mol. The summed E-state index contributed by atoms with van der Waals surface area (Å²) >= 11 is 0. The summed E-state index contributed by atoms with van der Waals surface area (Å²) in [6.07, 6.45) is -1.47. The fourth-order valence-electron chi connectivity index (χ4n) is 3.08. The average Bonchev–Trinajstić information content (AvgIpc) is 2.64. The van der Waals surface area contributed by atoms with Crippen LogP contribution in [-0.4, -0.2) is 98.3 Å². The first kappa shape index (κ1) is 41.3. The summed E-state index contributed by atoms with van der Waals surface area (Å²) in [5, 5.41) is 27.9. The maximum Gasteiger partial charge on any atom is 0.478 e. The summed E-state index contributed by atoms with van der Waals surface area (Å²) in [4.78, 5) is 9.60. The summed E-state index contributed by atoms with van der Waals surface area (Å²) in [6.45, 7) is 31.9. The molecule has 10 nitrogen and oxygen atoms in total. The number of carboxylic acids is 1. The van der Waals surface area contributed by atoms with Crippen molar-refractivity contribution < 1.29 is 45.7 Å². The van der Waals surface area contributed by atoms with E-state index in [1.54, 1.807) is 0 Å². The van der Waals surface area contributed by atoms with E-state index in [-0.39, 0.29) is 5.57 Å².